The standard InChI is InChI=1S/C44H24F9NO/c45-42(46,47)36-5-3-4-27(21-36)32-18-33(20-34(19-32)35-22-37(43(48,49)50)24-38(23-35)44(51,52)53)31-15-14-29-16-28(12-13-30(29)17-31)25-8-10-26(11-9-25)41-54-39-6-1-2-7-40(39)55-41/h1-24H. The summed E-state index contributed by atoms with van der Waals surface area (Å²) in [7, 11) is 0. The Morgan fingerprint density at radius 1 is 0.345 bits per heavy atom. The normalized spacial score (nSPS) is 12.5. The average molecular weight is 754 g/mol. The number of nitrogens with zero attached hydrogens (tertiary/aromatic N) is 1. The molecule has 1 aromatic heterocycles. The smallest absolute Gasteiger partial charge is 0.416 e. The second-order valence-electron chi connectivity index (χ2n) is 13.0. The molecule has 1 heterocycles. The summed E-state index contributed by atoms with van der Waals surface area (Å²) in [6, 6.07) is 36.2. The van der Waals surface area contributed by atoms with Crippen LogP contribution in [-0.4, -0.2) is 4.98 Å². The van der Waals surface area contributed by atoms with E-state index in [2.05, 4.69) is 4.98 Å². The minimum absolute atomic E-state index is 0.0327. The van der Waals surface area contributed by atoms with Crippen LogP contribution >= 0.6 is 0 Å². The van der Waals surface area contributed by atoms with Gasteiger partial charge in [0.1, 0.15) is 5.52 Å². The van der Waals surface area contributed by atoms with Crippen LogP contribution in [0.2, 0.25) is 0 Å². The topological polar surface area (TPSA) is 26.0 Å². The van der Waals surface area contributed by atoms with Gasteiger partial charge in [0.05, 0.1) is 16.7 Å². The van der Waals surface area contributed by atoms with E-state index >= 15 is 0 Å². The van der Waals surface area contributed by atoms with E-state index in [0.29, 0.717) is 34.7 Å². The first-order chi connectivity index (χ1) is 26.1. The molecule has 0 fully saturated rings. The zero-order valence-corrected chi connectivity index (χ0v) is 28.1. The molecule has 0 aliphatic rings. The second kappa shape index (κ2) is 13.2. The van der Waals surface area contributed by atoms with Crippen LogP contribution in [-0.2, 0) is 18.5 Å². The molecule has 274 valence electrons. The van der Waals surface area contributed by atoms with Gasteiger partial charge in [-0.25, -0.2) is 4.98 Å². The SMILES string of the molecule is FC(F)(F)c1cccc(-c2cc(-c3cc(C(F)(F)F)cc(C(F)(F)F)c3)cc(-c3ccc4cc(-c5ccc(-c6nc7ccccc7o6)cc5)ccc4c3)c2)c1. The fourth-order valence-corrected chi connectivity index (χ4v) is 6.53. The van der Waals surface area contributed by atoms with Crippen molar-refractivity contribution in [1.82, 2.24) is 4.98 Å². The summed E-state index contributed by atoms with van der Waals surface area (Å²) in [6.07, 6.45) is -14.9. The summed E-state index contributed by atoms with van der Waals surface area (Å²) in [4.78, 5) is 4.54. The van der Waals surface area contributed by atoms with E-state index < -0.39 is 40.8 Å². The van der Waals surface area contributed by atoms with E-state index in [-0.39, 0.29) is 22.8 Å². The van der Waals surface area contributed by atoms with Gasteiger partial charge in [0.25, 0.3) is 0 Å². The maximum absolute atomic E-state index is 13.8. The van der Waals surface area contributed by atoms with Crippen molar-refractivity contribution in [2.75, 3.05) is 0 Å². The number of aromatic nitrogens is 1. The summed E-state index contributed by atoms with van der Waals surface area (Å²) in [5.74, 6) is 0.493. The van der Waals surface area contributed by atoms with Crippen LogP contribution in [0.1, 0.15) is 16.7 Å². The van der Waals surface area contributed by atoms with Gasteiger partial charge in [0.2, 0.25) is 5.89 Å². The van der Waals surface area contributed by atoms with Crippen LogP contribution in [0, 0.1) is 0 Å². The Bertz CT molecular complexity index is 2660. The van der Waals surface area contributed by atoms with Gasteiger partial charge in [0, 0.05) is 5.56 Å². The lowest BCUT2D eigenvalue weighted by atomic mass is 9.90. The molecule has 0 radical (unpaired) electrons. The Hall–Kier alpha value is -6.36. The molecule has 0 saturated carbocycles. The lowest BCUT2D eigenvalue weighted by Crippen LogP contribution is -2.11. The molecule has 0 amide bonds. The maximum atomic E-state index is 13.8. The molecular formula is C44H24F9NO. The van der Waals surface area contributed by atoms with Gasteiger partial charge < -0.3 is 4.42 Å². The van der Waals surface area contributed by atoms with Crippen LogP contribution in [0.5, 0.6) is 0 Å². The van der Waals surface area contributed by atoms with Gasteiger partial charge >= 0.3 is 18.5 Å². The molecule has 0 aliphatic carbocycles. The molecule has 2 nitrogen and oxygen atoms in total. The highest BCUT2D eigenvalue weighted by atomic mass is 19.4. The molecule has 55 heavy (non-hydrogen) atoms. The number of fused-ring (bicyclic) bond motifs is 2. The molecule has 7 aromatic carbocycles. The molecule has 0 atom stereocenters. The molecule has 0 spiro atoms. The molecular weight excluding hydrogens is 729 g/mol. The Morgan fingerprint density at radius 3 is 1.36 bits per heavy atom. The van der Waals surface area contributed by atoms with Gasteiger partial charge in [-0.2, -0.15) is 39.5 Å². The number of benzene rings is 7. The third-order valence-corrected chi connectivity index (χ3v) is 9.31. The first-order valence-electron chi connectivity index (χ1n) is 16.7. The number of alkyl halides is 9. The lowest BCUT2D eigenvalue weighted by Gasteiger charge is -2.17. The third kappa shape index (κ3) is 7.29. The summed E-state index contributed by atoms with van der Waals surface area (Å²) in [6.45, 7) is 0. The molecule has 11 heteroatoms. The van der Waals surface area contributed by atoms with Gasteiger partial charge in [-0.15, -0.1) is 0 Å². The number of halogens is 9. The van der Waals surface area contributed by atoms with Gasteiger partial charge in [0.15, 0.2) is 5.58 Å². The fraction of sp³-hybridized carbons (Fsp3) is 0.0682. The Labute approximate surface area is 307 Å². The molecule has 8 rings (SSSR count). The van der Waals surface area contributed by atoms with Crippen molar-refractivity contribution >= 4 is 21.9 Å². The Kier molecular flexibility index (Phi) is 8.55. The molecule has 8 aromatic rings. The van der Waals surface area contributed by atoms with Crippen LogP contribution < -0.4 is 0 Å². The zero-order chi connectivity index (χ0) is 38.7. The first kappa shape index (κ1) is 35.7. The monoisotopic (exact) mass is 753 g/mol. The van der Waals surface area contributed by atoms with E-state index in [9.17, 15) is 39.5 Å². The quantitative estimate of drug-likeness (QED) is 0.164. The highest BCUT2D eigenvalue weighted by Gasteiger charge is 2.37. The highest BCUT2D eigenvalue weighted by Crippen LogP contribution is 2.42. The van der Waals surface area contributed by atoms with E-state index in [4.69, 9.17) is 4.42 Å². The molecule has 0 unspecified atom stereocenters. The van der Waals surface area contributed by atoms with E-state index in [1.165, 1.54) is 24.3 Å². The first-order valence-corrected chi connectivity index (χ1v) is 16.7. The molecule has 0 N–H and O–H groups in total. The summed E-state index contributed by atoms with van der Waals surface area (Å²) >= 11 is 0. The number of rotatable bonds is 5. The van der Waals surface area contributed by atoms with Crippen LogP contribution in [0.25, 0.3) is 77.8 Å². The third-order valence-electron chi connectivity index (χ3n) is 9.31. The van der Waals surface area contributed by atoms with Crippen molar-refractivity contribution < 1.29 is 43.9 Å². The minimum Gasteiger partial charge on any atom is -0.436 e. The summed E-state index contributed by atoms with van der Waals surface area (Å²) < 4.78 is 130. The van der Waals surface area contributed by atoms with Crippen molar-refractivity contribution in [3.05, 3.63) is 162 Å². The van der Waals surface area contributed by atoms with Crippen molar-refractivity contribution in [3.63, 3.8) is 0 Å². The minimum atomic E-state index is -5.09. The van der Waals surface area contributed by atoms with Crippen molar-refractivity contribution in [2.24, 2.45) is 0 Å². The largest absolute Gasteiger partial charge is 0.436 e. The van der Waals surface area contributed by atoms with Crippen LogP contribution in [0.3, 0.4) is 0 Å². The predicted molar refractivity (Wildman–Crippen MR) is 194 cm³/mol. The van der Waals surface area contributed by atoms with Gasteiger partial charge in [-0.1, -0.05) is 60.7 Å². The number of hydrogen-bond acceptors (Lipinski definition) is 2. The number of para-hydroxylation sites is 2. The lowest BCUT2D eigenvalue weighted by molar-refractivity contribution is -0.143. The molecule has 0 saturated heterocycles. The number of hydrogen-bond donors (Lipinski definition) is 0. The zero-order valence-electron chi connectivity index (χ0n) is 28.1. The summed E-state index contributed by atoms with van der Waals surface area (Å²) in [5, 5.41) is 1.61. The predicted octanol–water partition coefficient (Wildman–Crippen LogP) is 14.4. The van der Waals surface area contributed by atoms with Gasteiger partial charge in [-0.05, 0) is 140 Å². The van der Waals surface area contributed by atoms with E-state index in [1.54, 1.807) is 18.2 Å². The average Bonchev–Trinajstić information content (AvgIpc) is 3.61. The van der Waals surface area contributed by atoms with Crippen molar-refractivity contribution in [2.45, 2.75) is 18.5 Å². The maximum Gasteiger partial charge on any atom is 0.416 e. The van der Waals surface area contributed by atoms with E-state index in [0.717, 1.165) is 45.1 Å². The molecule has 0 bridgehead atoms. The van der Waals surface area contributed by atoms with Crippen molar-refractivity contribution in [3.8, 4) is 56.0 Å². The van der Waals surface area contributed by atoms with Crippen molar-refractivity contribution in [1.29, 1.82) is 0 Å². The van der Waals surface area contributed by atoms with Crippen LogP contribution in [0.4, 0.5) is 39.5 Å². The Morgan fingerprint density at radius 2 is 0.800 bits per heavy atom. The fourth-order valence-electron chi connectivity index (χ4n) is 6.53. The van der Waals surface area contributed by atoms with Gasteiger partial charge in [-0.3, -0.25) is 0 Å². The number of oxazole rings is 1. The molecule has 0 aliphatic heterocycles. The van der Waals surface area contributed by atoms with Crippen LogP contribution in [0.15, 0.2) is 150 Å². The summed E-state index contributed by atoms with van der Waals surface area (Å²) in [5.41, 5.74) is 0.800. The van der Waals surface area contributed by atoms with E-state index in [1.807, 2.05) is 72.8 Å². The highest BCUT2D eigenvalue weighted by molar-refractivity contribution is 5.92. The second-order valence-corrected chi connectivity index (χ2v) is 13.0. The Balaban J connectivity index is 1.20.